The number of rotatable bonds is 6. The third-order valence-corrected chi connectivity index (χ3v) is 6.51. The van der Waals surface area contributed by atoms with E-state index < -0.39 is 33.6 Å². The minimum atomic E-state index is -4.59. The van der Waals surface area contributed by atoms with Gasteiger partial charge in [-0.05, 0) is 30.2 Å². The highest BCUT2D eigenvalue weighted by atomic mass is 35.5. The van der Waals surface area contributed by atoms with E-state index in [1.165, 1.54) is 6.07 Å². The van der Waals surface area contributed by atoms with Crippen molar-refractivity contribution in [2.24, 2.45) is 0 Å². The smallest absolute Gasteiger partial charge is 0.390 e. The number of nitrogen functional groups attached to an aromatic ring is 1. The fourth-order valence-corrected chi connectivity index (χ4v) is 5.37. The van der Waals surface area contributed by atoms with Crippen molar-refractivity contribution in [2.75, 3.05) is 5.73 Å². The fraction of sp³-hybridized carbons (Fsp3) is 0.222. The van der Waals surface area contributed by atoms with Crippen LogP contribution in [-0.2, 0) is 16.4 Å². The molecule has 0 spiro atoms. The van der Waals surface area contributed by atoms with Crippen molar-refractivity contribution < 1.29 is 21.6 Å². The summed E-state index contributed by atoms with van der Waals surface area (Å²) in [5.41, 5.74) is 6.74. The van der Waals surface area contributed by atoms with E-state index in [0.29, 0.717) is 10.9 Å². The molecule has 0 bridgehead atoms. The van der Waals surface area contributed by atoms with Crippen LogP contribution in [0.15, 0.2) is 47.5 Å². The van der Waals surface area contributed by atoms with Crippen molar-refractivity contribution in [1.82, 2.24) is 9.71 Å². The Morgan fingerprint density at radius 1 is 1.17 bits per heavy atom. The maximum Gasteiger partial charge on any atom is 0.390 e. The van der Waals surface area contributed by atoms with Gasteiger partial charge in [0.05, 0.1) is 17.1 Å². The summed E-state index contributed by atoms with van der Waals surface area (Å²) in [4.78, 5) is 2.46. The minimum Gasteiger partial charge on any atom is -0.398 e. The molecular formula is C18H16Cl2F3N3O2S. The Bertz CT molecular complexity index is 1120. The molecule has 1 unspecified atom stereocenters. The average Bonchev–Trinajstić information content (AvgIpc) is 2.94. The van der Waals surface area contributed by atoms with E-state index in [4.69, 9.17) is 28.9 Å². The maximum atomic E-state index is 13.1. The highest BCUT2D eigenvalue weighted by Gasteiger charge is 2.35. The molecule has 156 valence electrons. The van der Waals surface area contributed by atoms with Crippen molar-refractivity contribution in [2.45, 2.75) is 30.0 Å². The molecule has 0 aliphatic heterocycles. The van der Waals surface area contributed by atoms with Gasteiger partial charge in [-0.1, -0.05) is 41.4 Å². The van der Waals surface area contributed by atoms with E-state index in [1.54, 1.807) is 30.5 Å². The van der Waals surface area contributed by atoms with Gasteiger partial charge < -0.3 is 10.7 Å². The van der Waals surface area contributed by atoms with Crippen LogP contribution in [0.1, 0.15) is 12.0 Å². The molecule has 5 nitrogen and oxygen atoms in total. The predicted molar refractivity (Wildman–Crippen MR) is 108 cm³/mol. The molecule has 29 heavy (non-hydrogen) atoms. The van der Waals surface area contributed by atoms with Gasteiger partial charge in [-0.15, -0.1) is 0 Å². The summed E-state index contributed by atoms with van der Waals surface area (Å²) in [6.07, 6.45) is -4.58. The largest absolute Gasteiger partial charge is 0.398 e. The van der Waals surface area contributed by atoms with Gasteiger partial charge in [0.15, 0.2) is 0 Å². The lowest BCUT2D eigenvalue weighted by atomic mass is 10.0. The number of sulfonamides is 1. The molecule has 0 aliphatic carbocycles. The molecule has 3 rings (SSSR count). The van der Waals surface area contributed by atoms with E-state index in [-0.39, 0.29) is 22.2 Å². The molecule has 0 fully saturated rings. The van der Waals surface area contributed by atoms with Crippen LogP contribution >= 0.6 is 23.2 Å². The zero-order chi connectivity index (χ0) is 21.4. The predicted octanol–water partition coefficient (Wildman–Crippen LogP) is 4.90. The summed E-state index contributed by atoms with van der Waals surface area (Å²) >= 11 is 11.7. The van der Waals surface area contributed by atoms with Gasteiger partial charge >= 0.3 is 6.18 Å². The Balaban J connectivity index is 1.95. The lowest BCUT2D eigenvalue weighted by Gasteiger charge is -2.21. The van der Waals surface area contributed by atoms with Gasteiger partial charge in [0.25, 0.3) is 0 Å². The van der Waals surface area contributed by atoms with Crippen molar-refractivity contribution in [1.29, 1.82) is 0 Å². The molecule has 0 aliphatic rings. The molecule has 0 saturated carbocycles. The zero-order valence-corrected chi connectivity index (χ0v) is 17.1. The van der Waals surface area contributed by atoms with Gasteiger partial charge in [0.2, 0.25) is 10.0 Å². The van der Waals surface area contributed by atoms with E-state index in [9.17, 15) is 21.6 Å². The summed E-state index contributed by atoms with van der Waals surface area (Å²) in [6, 6.07) is 7.91. The first-order chi connectivity index (χ1) is 13.5. The standard InChI is InChI=1S/C18H16Cl2F3N3O2S/c19-11-6-14(20)17(15(24)7-11)29(27,28)26-12(8-18(21,22)23)5-10-9-25-16-4-2-1-3-13(10)16/h1-4,6-7,9,12,25-26H,5,8,24H2. The number of nitrogens with two attached hydrogens (primary N) is 1. The first-order valence-corrected chi connectivity index (χ1v) is 10.6. The van der Waals surface area contributed by atoms with Crippen molar-refractivity contribution in [3.63, 3.8) is 0 Å². The molecular weight excluding hydrogens is 450 g/mol. The monoisotopic (exact) mass is 465 g/mol. The van der Waals surface area contributed by atoms with Crippen LogP contribution in [0, 0.1) is 0 Å². The highest BCUT2D eigenvalue weighted by Crippen LogP contribution is 2.32. The minimum absolute atomic E-state index is 0.108. The lowest BCUT2D eigenvalue weighted by molar-refractivity contribution is -0.138. The lowest BCUT2D eigenvalue weighted by Crippen LogP contribution is -2.40. The SMILES string of the molecule is Nc1cc(Cl)cc(Cl)c1S(=O)(=O)NC(Cc1c[nH]c2ccccc12)CC(F)(F)F. The Morgan fingerprint density at radius 3 is 2.52 bits per heavy atom. The van der Waals surface area contributed by atoms with Crippen LogP contribution < -0.4 is 10.5 Å². The summed E-state index contributed by atoms with van der Waals surface area (Å²) < 4.78 is 67.0. The zero-order valence-electron chi connectivity index (χ0n) is 14.7. The Hall–Kier alpha value is -1.94. The quantitative estimate of drug-likeness (QED) is 0.452. The van der Waals surface area contributed by atoms with E-state index in [0.717, 1.165) is 11.6 Å². The molecule has 2 aromatic carbocycles. The van der Waals surface area contributed by atoms with E-state index in [2.05, 4.69) is 9.71 Å². The summed E-state index contributed by atoms with van der Waals surface area (Å²) in [5, 5.41) is 0.542. The average molecular weight is 466 g/mol. The summed E-state index contributed by atoms with van der Waals surface area (Å²) in [5.74, 6) is 0. The second-order valence-electron chi connectivity index (χ2n) is 6.51. The Labute approximate surface area is 175 Å². The number of halogens is 5. The number of aromatic amines is 1. The normalized spacial score (nSPS) is 13.7. The third-order valence-electron chi connectivity index (χ3n) is 4.25. The third kappa shape index (κ3) is 5.16. The molecule has 0 amide bonds. The van der Waals surface area contributed by atoms with Crippen molar-refractivity contribution in [3.8, 4) is 0 Å². The van der Waals surface area contributed by atoms with E-state index >= 15 is 0 Å². The number of hydrogen-bond donors (Lipinski definition) is 3. The maximum absolute atomic E-state index is 13.1. The van der Waals surface area contributed by atoms with Crippen molar-refractivity contribution >= 4 is 49.8 Å². The Morgan fingerprint density at radius 2 is 1.86 bits per heavy atom. The summed E-state index contributed by atoms with van der Waals surface area (Å²) in [7, 11) is -4.44. The molecule has 1 atom stereocenters. The van der Waals surface area contributed by atoms with Crippen LogP contribution in [0.3, 0.4) is 0 Å². The Kier molecular flexibility index (Phi) is 6.05. The van der Waals surface area contributed by atoms with Gasteiger partial charge in [-0.3, -0.25) is 0 Å². The van der Waals surface area contributed by atoms with Crippen LogP contribution in [0.25, 0.3) is 10.9 Å². The number of hydrogen-bond acceptors (Lipinski definition) is 3. The van der Waals surface area contributed by atoms with Crippen LogP contribution in [-0.4, -0.2) is 25.6 Å². The molecule has 0 radical (unpaired) electrons. The van der Waals surface area contributed by atoms with Gasteiger partial charge in [-0.2, -0.15) is 13.2 Å². The number of H-pyrrole nitrogens is 1. The first kappa shape index (κ1) is 21.8. The number of para-hydroxylation sites is 1. The topological polar surface area (TPSA) is 88.0 Å². The molecule has 11 heteroatoms. The molecule has 0 saturated heterocycles. The molecule has 1 aromatic heterocycles. The second kappa shape index (κ2) is 8.06. The fourth-order valence-electron chi connectivity index (χ4n) is 3.14. The van der Waals surface area contributed by atoms with Crippen LogP contribution in [0.4, 0.5) is 18.9 Å². The van der Waals surface area contributed by atoms with Crippen LogP contribution in [0.5, 0.6) is 0 Å². The van der Waals surface area contributed by atoms with Gasteiger partial charge in [0, 0.05) is 28.2 Å². The highest BCUT2D eigenvalue weighted by molar-refractivity contribution is 7.89. The van der Waals surface area contributed by atoms with Crippen LogP contribution in [0.2, 0.25) is 10.0 Å². The molecule has 3 aromatic rings. The van der Waals surface area contributed by atoms with Crippen molar-refractivity contribution in [3.05, 3.63) is 58.2 Å². The molecule has 4 N–H and O–H groups in total. The van der Waals surface area contributed by atoms with E-state index in [1.807, 2.05) is 0 Å². The number of benzene rings is 2. The number of anilines is 1. The number of fused-ring (bicyclic) bond motifs is 1. The van der Waals surface area contributed by atoms with Gasteiger partial charge in [-0.25, -0.2) is 13.1 Å². The second-order valence-corrected chi connectivity index (χ2v) is 9.00. The molecule has 1 heterocycles. The number of nitrogens with one attached hydrogen (secondary N) is 2. The number of aromatic nitrogens is 1. The summed E-state index contributed by atoms with van der Waals surface area (Å²) in [6.45, 7) is 0. The number of alkyl halides is 3. The van der Waals surface area contributed by atoms with Gasteiger partial charge in [0.1, 0.15) is 4.90 Å². The first-order valence-electron chi connectivity index (χ1n) is 8.35.